The number of rotatable bonds is 3. The molecule has 0 spiro atoms. The van der Waals surface area contributed by atoms with E-state index in [0.29, 0.717) is 18.7 Å². The molecule has 2 aliphatic rings. The van der Waals surface area contributed by atoms with Gasteiger partial charge in [-0.2, -0.15) is 0 Å². The van der Waals surface area contributed by atoms with Gasteiger partial charge in [-0.25, -0.2) is 0 Å². The molecule has 0 aliphatic carbocycles. The summed E-state index contributed by atoms with van der Waals surface area (Å²) in [4.78, 5) is 26.5. The van der Waals surface area contributed by atoms with E-state index in [1.54, 1.807) is 4.90 Å². The molecule has 1 saturated heterocycles. The van der Waals surface area contributed by atoms with Crippen molar-refractivity contribution in [2.24, 2.45) is 5.92 Å². The fourth-order valence-corrected chi connectivity index (χ4v) is 4.00. The van der Waals surface area contributed by atoms with Gasteiger partial charge in [0.1, 0.15) is 11.7 Å². The number of ether oxygens (including phenoxy) is 1. The average Bonchev–Trinajstić information content (AvgIpc) is 2.59. The first-order valence-electron chi connectivity index (χ1n) is 8.36. The van der Waals surface area contributed by atoms with Gasteiger partial charge in [-0.15, -0.1) is 0 Å². The number of para-hydroxylation sites is 1. The van der Waals surface area contributed by atoms with E-state index in [9.17, 15) is 14.7 Å². The second kappa shape index (κ2) is 5.62. The standard InChI is InChI=1S/C20H19NO4/c1-20-11-15(14-9-5-6-10-16(14)25-20)17(19(23)24)18(22)21(20)12-13-7-3-2-4-8-13/h2-10,15,17H,11-12H2,1H3,(H,23,24)/t15-,17+,20-/m0/s1. The van der Waals surface area contributed by atoms with E-state index >= 15 is 0 Å². The predicted octanol–water partition coefficient (Wildman–Crippen LogP) is 3.01. The van der Waals surface area contributed by atoms with Gasteiger partial charge in [0.05, 0.1) is 0 Å². The van der Waals surface area contributed by atoms with Crippen molar-refractivity contribution in [3.8, 4) is 5.75 Å². The van der Waals surface area contributed by atoms with Crippen LogP contribution in [0.5, 0.6) is 5.75 Å². The number of aliphatic carboxylic acids is 1. The first-order chi connectivity index (χ1) is 12.0. The molecule has 1 fully saturated rings. The molecule has 1 N–H and O–H groups in total. The topological polar surface area (TPSA) is 66.8 Å². The summed E-state index contributed by atoms with van der Waals surface area (Å²) in [5.74, 6) is -2.25. The third-order valence-electron chi connectivity index (χ3n) is 5.20. The van der Waals surface area contributed by atoms with Crippen LogP contribution in [0.1, 0.15) is 30.4 Å². The van der Waals surface area contributed by atoms with Crippen LogP contribution >= 0.6 is 0 Å². The summed E-state index contributed by atoms with van der Waals surface area (Å²) < 4.78 is 6.19. The lowest BCUT2D eigenvalue weighted by Gasteiger charge is -2.52. The molecule has 2 bridgehead atoms. The van der Waals surface area contributed by atoms with Crippen molar-refractivity contribution in [2.75, 3.05) is 0 Å². The van der Waals surface area contributed by atoms with Gasteiger partial charge < -0.3 is 9.84 Å². The normalized spacial score (nSPS) is 27.4. The molecule has 2 aromatic carbocycles. The van der Waals surface area contributed by atoms with E-state index in [2.05, 4.69) is 0 Å². The van der Waals surface area contributed by atoms with E-state index in [4.69, 9.17) is 4.74 Å². The van der Waals surface area contributed by atoms with Crippen molar-refractivity contribution < 1.29 is 19.4 Å². The van der Waals surface area contributed by atoms with E-state index in [1.165, 1.54) is 0 Å². The Balaban J connectivity index is 1.79. The number of carboxylic acid groups (broad SMARTS) is 1. The summed E-state index contributed by atoms with van der Waals surface area (Å²) >= 11 is 0. The van der Waals surface area contributed by atoms with Gasteiger partial charge in [-0.3, -0.25) is 14.5 Å². The Bertz CT molecular complexity index is 835. The molecule has 5 heteroatoms. The first kappa shape index (κ1) is 15.7. The Morgan fingerprint density at radius 2 is 1.88 bits per heavy atom. The Hall–Kier alpha value is -2.82. The minimum atomic E-state index is -1.08. The summed E-state index contributed by atoms with van der Waals surface area (Å²) in [6, 6.07) is 17.0. The zero-order valence-corrected chi connectivity index (χ0v) is 13.9. The summed E-state index contributed by atoms with van der Waals surface area (Å²) in [5.41, 5.74) is 0.903. The van der Waals surface area contributed by atoms with Crippen molar-refractivity contribution in [1.82, 2.24) is 4.90 Å². The lowest BCUT2D eigenvalue weighted by Crippen LogP contribution is -2.63. The van der Waals surface area contributed by atoms with Crippen molar-refractivity contribution in [1.29, 1.82) is 0 Å². The number of benzene rings is 2. The van der Waals surface area contributed by atoms with Crippen LogP contribution in [0.3, 0.4) is 0 Å². The minimum absolute atomic E-state index is 0.328. The van der Waals surface area contributed by atoms with Gasteiger partial charge in [0.2, 0.25) is 5.91 Å². The molecular weight excluding hydrogens is 318 g/mol. The predicted molar refractivity (Wildman–Crippen MR) is 91.0 cm³/mol. The second-order valence-corrected chi connectivity index (χ2v) is 6.85. The fourth-order valence-electron chi connectivity index (χ4n) is 4.00. The Morgan fingerprint density at radius 3 is 2.60 bits per heavy atom. The van der Waals surface area contributed by atoms with Crippen LogP contribution in [-0.4, -0.2) is 27.6 Å². The van der Waals surface area contributed by atoms with Gasteiger partial charge in [0.15, 0.2) is 5.72 Å². The van der Waals surface area contributed by atoms with Crippen LogP contribution in [0, 0.1) is 5.92 Å². The lowest BCUT2D eigenvalue weighted by atomic mass is 9.73. The number of carbonyl (C=O) groups excluding carboxylic acids is 1. The van der Waals surface area contributed by atoms with Crippen molar-refractivity contribution in [2.45, 2.75) is 31.5 Å². The van der Waals surface area contributed by atoms with Crippen molar-refractivity contribution in [3.05, 3.63) is 65.7 Å². The Labute approximate surface area is 145 Å². The van der Waals surface area contributed by atoms with Gasteiger partial charge in [0.25, 0.3) is 0 Å². The molecule has 5 nitrogen and oxygen atoms in total. The zero-order valence-electron chi connectivity index (χ0n) is 13.9. The molecule has 128 valence electrons. The molecule has 0 unspecified atom stereocenters. The summed E-state index contributed by atoms with van der Waals surface area (Å²) in [5, 5.41) is 9.73. The molecule has 1 amide bonds. The molecule has 2 aliphatic heterocycles. The van der Waals surface area contributed by atoms with Crippen LogP contribution < -0.4 is 4.74 Å². The van der Waals surface area contributed by atoms with Crippen molar-refractivity contribution in [3.63, 3.8) is 0 Å². The second-order valence-electron chi connectivity index (χ2n) is 6.85. The van der Waals surface area contributed by atoms with E-state index in [0.717, 1.165) is 11.1 Å². The maximum Gasteiger partial charge on any atom is 0.316 e. The molecule has 4 rings (SSSR count). The van der Waals surface area contributed by atoms with Gasteiger partial charge in [-0.05, 0) is 24.1 Å². The Kier molecular flexibility index (Phi) is 3.53. The summed E-state index contributed by atoms with van der Waals surface area (Å²) in [7, 11) is 0. The number of carbonyl (C=O) groups is 2. The SMILES string of the molecule is C[C@@]12C[C@@H](c3ccccc3O1)[C@@H](C(=O)O)C(=O)N2Cc1ccccc1. The highest BCUT2D eigenvalue weighted by molar-refractivity contribution is 5.99. The number of hydrogen-bond acceptors (Lipinski definition) is 3. The molecule has 2 heterocycles. The highest BCUT2D eigenvalue weighted by Crippen LogP contribution is 2.50. The van der Waals surface area contributed by atoms with Crippen LogP contribution in [0.4, 0.5) is 0 Å². The smallest absolute Gasteiger partial charge is 0.316 e. The third-order valence-corrected chi connectivity index (χ3v) is 5.20. The van der Waals surface area contributed by atoms with Crippen LogP contribution in [0.25, 0.3) is 0 Å². The molecule has 2 aromatic rings. The number of likely N-dealkylation sites (tertiary alicyclic amines) is 1. The van der Waals surface area contributed by atoms with Crippen LogP contribution in [0.15, 0.2) is 54.6 Å². The Morgan fingerprint density at radius 1 is 1.20 bits per heavy atom. The number of hydrogen-bond donors (Lipinski definition) is 1. The van der Waals surface area contributed by atoms with Gasteiger partial charge >= 0.3 is 5.97 Å². The van der Waals surface area contributed by atoms with Crippen LogP contribution in [-0.2, 0) is 16.1 Å². The monoisotopic (exact) mass is 337 g/mol. The van der Waals surface area contributed by atoms with Crippen molar-refractivity contribution >= 4 is 11.9 Å². The largest absolute Gasteiger partial charge is 0.481 e. The maximum absolute atomic E-state index is 13.1. The van der Waals surface area contributed by atoms with E-state index in [-0.39, 0.29) is 11.8 Å². The average molecular weight is 337 g/mol. The minimum Gasteiger partial charge on any atom is -0.481 e. The quantitative estimate of drug-likeness (QED) is 0.874. The van der Waals surface area contributed by atoms with Crippen LogP contribution in [0.2, 0.25) is 0 Å². The highest BCUT2D eigenvalue weighted by atomic mass is 16.5. The van der Waals surface area contributed by atoms with E-state index in [1.807, 2.05) is 61.5 Å². The number of piperidine rings is 1. The van der Waals surface area contributed by atoms with E-state index < -0.39 is 17.6 Å². The molecule has 0 radical (unpaired) electrons. The highest BCUT2D eigenvalue weighted by Gasteiger charge is 2.56. The number of nitrogens with zero attached hydrogens (tertiary/aromatic N) is 1. The van der Waals surface area contributed by atoms with Gasteiger partial charge in [0, 0.05) is 18.9 Å². The zero-order chi connectivity index (χ0) is 17.6. The first-order valence-corrected chi connectivity index (χ1v) is 8.36. The molecular formula is C20H19NO4. The molecule has 0 aromatic heterocycles. The summed E-state index contributed by atoms with van der Waals surface area (Å²) in [6.45, 7) is 2.20. The molecule has 3 atom stereocenters. The third kappa shape index (κ3) is 2.47. The molecule has 25 heavy (non-hydrogen) atoms. The fraction of sp³-hybridized carbons (Fsp3) is 0.300. The summed E-state index contributed by atoms with van der Waals surface area (Å²) in [6.07, 6.45) is 0.472. The number of carboxylic acids is 1. The number of fused-ring (bicyclic) bond motifs is 4. The molecule has 0 saturated carbocycles. The number of amides is 1. The van der Waals surface area contributed by atoms with Gasteiger partial charge in [-0.1, -0.05) is 48.5 Å². The maximum atomic E-state index is 13.1. The lowest BCUT2D eigenvalue weighted by molar-refractivity contribution is -0.181.